The number of aromatic nitrogens is 2. The molecule has 0 unspecified atom stereocenters. The van der Waals surface area contributed by atoms with Gasteiger partial charge in [0, 0.05) is 5.56 Å². The van der Waals surface area contributed by atoms with Gasteiger partial charge in [-0.3, -0.25) is 4.90 Å². The minimum atomic E-state index is -0.0721. The first-order valence-corrected chi connectivity index (χ1v) is 7.82. The summed E-state index contributed by atoms with van der Waals surface area (Å²) in [5, 5.41) is 11.4. The molecule has 2 fully saturated rings. The van der Waals surface area contributed by atoms with E-state index in [1.165, 1.54) is 0 Å². The first-order chi connectivity index (χ1) is 11.3. The van der Waals surface area contributed by atoms with E-state index in [4.69, 9.17) is 0 Å². The first-order valence-electron chi connectivity index (χ1n) is 7.82. The Morgan fingerprint density at radius 1 is 1.04 bits per heavy atom. The third-order valence-electron chi connectivity index (χ3n) is 4.34. The smallest absolute Gasteiger partial charge is 0.323 e. The molecule has 1 aliphatic heterocycles. The molecule has 2 aromatic rings. The van der Waals surface area contributed by atoms with Crippen LogP contribution in [0.25, 0.3) is 0 Å². The molecule has 5 heteroatoms. The Kier molecular flexibility index (Phi) is 3.43. The van der Waals surface area contributed by atoms with Crippen LogP contribution in [0.2, 0.25) is 0 Å². The van der Waals surface area contributed by atoms with E-state index in [1.807, 2.05) is 42.5 Å². The van der Waals surface area contributed by atoms with Crippen LogP contribution in [0.15, 0.2) is 42.5 Å². The van der Waals surface area contributed by atoms with E-state index in [-0.39, 0.29) is 18.1 Å². The fraction of sp³-hybridized carbons (Fsp3) is 0.278. The average Bonchev–Trinajstić information content (AvgIpc) is 3.14. The van der Waals surface area contributed by atoms with E-state index in [0.29, 0.717) is 11.5 Å². The summed E-state index contributed by atoms with van der Waals surface area (Å²) in [6.07, 6.45) is 3.20. The number of nitrogens with zero attached hydrogens (tertiary/aromatic N) is 3. The molecule has 2 amide bonds. The van der Waals surface area contributed by atoms with Crippen molar-refractivity contribution in [3.63, 3.8) is 0 Å². The number of amides is 2. The van der Waals surface area contributed by atoms with Gasteiger partial charge in [0.1, 0.15) is 5.69 Å². The van der Waals surface area contributed by atoms with Crippen molar-refractivity contribution >= 4 is 11.8 Å². The minimum absolute atomic E-state index is 0.0721. The van der Waals surface area contributed by atoms with E-state index < -0.39 is 0 Å². The predicted octanol–water partition coefficient (Wildman–Crippen LogP) is 2.33. The fourth-order valence-corrected chi connectivity index (χ4v) is 3.25. The highest BCUT2D eigenvalue weighted by Crippen LogP contribution is 2.31. The highest BCUT2D eigenvalue weighted by Gasteiger charge is 2.43. The van der Waals surface area contributed by atoms with Crippen molar-refractivity contribution < 1.29 is 4.79 Å². The van der Waals surface area contributed by atoms with E-state index >= 15 is 0 Å². The van der Waals surface area contributed by atoms with Crippen molar-refractivity contribution in [2.45, 2.75) is 31.3 Å². The summed E-state index contributed by atoms with van der Waals surface area (Å²) in [7, 11) is 0. The number of carbonyl (C=O) groups is 1. The molecule has 0 radical (unpaired) electrons. The van der Waals surface area contributed by atoms with Gasteiger partial charge >= 0.3 is 6.03 Å². The van der Waals surface area contributed by atoms with Crippen molar-refractivity contribution in [1.82, 2.24) is 15.5 Å². The van der Waals surface area contributed by atoms with Crippen LogP contribution in [-0.2, 0) is 0 Å². The number of urea groups is 1. The molecule has 1 aromatic heterocycles. The van der Waals surface area contributed by atoms with Crippen LogP contribution in [0.1, 0.15) is 30.5 Å². The van der Waals surface area contributed by atoms with Crippen molar-refractivity contribution in [2.24, 2.45) is 0 Å². The average molecular weight is 304 g/mol. The summed E-state index contributed by atoms with van der Waals surface area (Å²) in [4.78, 5) is 13.8. The number of benzene rings is 1. The lowest BCUT2D eigenvalue weighted by atomic mass is 10.2. The van der Waals surface area contributed by atoms with E-state index in [0.717, 1.165) is 24.8 Å². The van der Waals surface area contributed by atoms with Gasteiger partial charge in [-0.15, -0.1) is 10.2 Å². The van der Waals surface area contributed by atoms with E-state index in [2.05, 4.69) is 27.4 Å². The van der Waals surface area contributed by atoms with Crippen molar-refractivity contribution in [3.8, 4) is 11.8 Å². The van der Waals surface area contributed by atoms with Crippen molar-refractivity contribution in [2.75, 3.05) is 4.90 Å². The zero-order chi connectivity index (χ0) is 15.6. The van der Waals surface area contributed by atoms with Crippen LogP contribution >= 0.6 is 0 Å². The Morgan fingerprint density at radius 2 is 1.91 bits per heavy atom. The standard InChI is InChI=1S/C18H16N4O/c23-18-19-15-7-4-8-16(15)22(18)17-12-11-14(20-21-17)10-9-13-5-2-1-3-6-13/h1-3,5-6,11-12,15-16H,4,7-8H2,(H,19,23)/t15-,16+/m0/s1. The largest absolute Gasteiger partial charge is 0.333 e. The number of nitrogens with one attached hydrogen (secondary N) is 1. The number of hydrogen-bond acceptors (Lipinski definition) is 3. The maximum atomic E-state index is 12.1. The lowest BCUT2D eigenvalue weighted by Gasteiger charge is -2.20. The Labute approximate surface area is 134 Å². The van der Waals surface area contributed by atoms with Gasteiger partial charge in [0.2, 0.25) is 0 Å². The maximum Gasteiger partial charge on any atom is 0.323 e. The molecule has 1 saturated heterocycles. The topological polar surface area (TPSA) is 58.1 Å². The molecular weight excluding hydrogens is 288 g/mol. The van der Waals surface area contributed by atoms with Gasteiger partial charge < -0.3 is 5.32 Å². The molecule has 1 saturated carbocycles. The first kappa shape index (κ1) is 13.8. The van der Waals surface area contributed by atoms with E-state index in [1.54, 1.807) is 4.90 Å². The molecule has 1 aliphatic carbocycles. The van der Waals surface area contributed by atoms with Crippen LogP contribution in [0, 0.1) is 11.8 Å². The number of anilines is 1. The lowest BCUT2D eigenvalue weighted by Crippen LogP contribution is -2.34. The second-order valence-corrected chi connectivity index (χ2v) is 5.82. The molecule has 5 nitrogen and oxygen atoms in total. The van der Waals surface area contributed by atoms with Gasteiger partial charge in [0.05, 0.1) is 12.1 Å². The highest BCUT2D eigenvalue weighted by atomic mass is 16.2. The fourth-order valence-electron chi connectivity index (χ4n) is 3.25. The second-order valence-electron chi connectivity index (χ2n) is 5.82. The monoisotopic (exact) mass is 304 g/mol. The Hall–Kier alpha value is -2.87. The maximum absolute atomic E-state index is 12.1. The van der Waals surface area contributed by atoms with Gasteiger partial charge in [-0.2, -0.15) is 0 Å². The normalized spacial score (nSPS) is 22.3. The summed E-state index contributed by atoms with van der Waals surface area (Å²) in [5.41, 5.74) is 1.53. The highest BCUT2D eigenvalue weighted by molar-refractivity contribution is 5.94. The molecule has 23 heavy (non-hydrogen) atoms. The van der Waals surface area contributed by atoms with E-state index in [9.17, 15) is 4.79 Å². The number of rotatable bonds is 1. The molecule has 1 aromatic carbocycles. The molecule has 0 spiro atoms. The predicted molar refractivity (Wildman–Crippen MR) is 86.9 cm³/mol. The van der Waals surface area contributed by atoms with Crippen molar-refractivity contribution in [1.29, 1.82) is 0 Å². The van der Waals surface area contributed by atoms with Crippen LogP contribution in [-0.4, -0.2) is 28.3 Å². The summed E-state index contributed by atoms with van der Waals surface area (Å²) in [6.45, 7) is 0. The molecule has 0 bridgehead atoms. The molecule has 1 N–H and O–H groups in total. The second kappa shape index (κ2) is 5.73. The molecule has 2 atom stereocenters. The third kappa shape index (κ3) is 2.64. The molecule has 2 aliphatic rings. The van der Waals surface area contributed by atoms with Crippen LogP contribution < -0.4 is 10.2 Å². The third-order valence-corrected chi connectivity index (χ3v) is 4.34. The summed E-state index contributed by atoms with van der Waals surface area (Å²) in [6, 6.07) is 13.8. The Balaban J connectivity index is 1.55. The Morgan fingerprint density at radius 3 is 2.70 bits per heavy atom. The quantitative estimate of drug-likeness (QED) is 0.823. The molecule has 114 valence electrons. The van der Waals surface area contributed by atoms with Crippen LogP contribution in [0.5, 0.6) is 0 Å². The van der Waals surface area contributed by atoms with Crippen LogP contribution in [0.3, 0.4) is 0 Å². The Bertz CT molecular complexity index is 776. The van der Waals surface area contributed by atoms with Crippen molar-refractivity contribution in [3.05, 3.63) is 53.7 Å². The van der Waals surface area contributed by atoms with Gasteiger partial charge in [-0.1, -0.05) is 24.1 Å². The molecular formula is C18H16N4O. The molecule has 2 heterocycles. The summed E-state index contributed by atoms with van der Waals surface area (Å²) in [5.74, 6) is 6.64. The SMILES string of the molecule is O=C1N[C@H]2CCC[C@H]2N1c1ccc(C#Cc2ccccc2)nn1. The molecule has 4 rings (SSSR count). The number of hydrogen-bond donors (Lipinski definition) is 1. The summed E-state index contributed by atoms with van der Waals surface area (Å²) < 4.78 is 0. The van der Waals surface area contributed by atoms with Gasteiger partial charge in [0.15, 0.2) is 5.82 Å². The lowest BCUT2D eigenvalue weighted by molar-refractivity contribution is 0.250. The minimum Gasteiger partial charge on any atom is -0.333 e. The number of carbonyl (C=O) groups excluding carboxylic acids is 1. The van der Waals surface area contributed by atoms with Gasteiger partial charge in [0.25, 0.3) is 0 Å². The zero-order valence-corrected chi connectivity index (χ0v) is 12.6. The number of fused-ring (bicyclic) bond motifs is 1. The zero-order valence-electron chi connectivity index (χ0n) is 12.6. The summed E-state index contributed by atoms with van der Waals surface area (Å²) >= 11 is 0. The van der Waals surface area contributed by atoms with Gasteiger partial charge in [-0.05, 0) is 49.4 Å². The van der Waals surface area contributed by atoms with Crippen LogP contribution in [0.4, 0.5) is 10.6 Å². The van der Waals surface area contributed by atoms with Gasteiger partial charge in [-0.25, -0.2) is 4.79 Å².